The van der Waals surface area contributed by atoms with Crippen LogP contribution in [-0.4, -0.2) is 29.3 Å². The zero-order valence-electron chi connectivity index (χ0n) is 19.0. The predicted molar refractivity (Wildman–Crippen MR) is 134 cm³/mol. The summed E-state index contributed by atoms with van der Waals surface area (Å²) in [5, 5.41) is 14.5. The zero-order chi connectivity index (χ0) is 24.1. The summed E-state index contributed by atoms with van der Waals surface area (Å²) >= 11 is 0. The van der Waals surface area contributed by atoms with Crippen LogP contribution in [0, 0.1) is 18.3 Å². The van der Waals surface area contributed by atoms with Crippen LogP contribution in [0.3, 0.4) is 0 Å². The zero-order valence-corrected chi connectivity index (χ0v) is 19.0. The average Bonchev–Trinajstić information content (AvgIpc) is 3.51. The molecule has 0 radical (unpaired) electrons. The molecule has 3 heterocycles. The Morgan fingerprint density at radius 3 is 2.69 bits per heavy atom. The second-order valence-electron chi connectivity index (χ2n) is 8.37. The Morgan fingerprint density at radius 1 is 1.03 bits per heavy atom. The number of imidazole rings is 1. The van der Waals surface area contributed by atoms with Crippen LogP contribution in [0.5, 0.6) is 0 Å². The lowest BCUT2D eigenvalue weighted by atomic mass is 9.96. The molecule has 1 N–H and O–H groups in total. The van der Waals surface area contributed by atoms with Crippen LogP contribution in [0.1, 0.15) is 11.1 Å². The molecule has 6 rings (SSSR count). The molecule has 0 saturated carbocycles. The van der Waals surface area contributed by atoms with Gasteiger partial charge in [0.05, 0.1) is 44.9 Å². The van der Waals surface area contributed by atoms with Crippen molar-refractivity contribution < 1.29 is 0 Å². The molecule has 0 aliphatic carbocycles. The number of nitriles is 1. The van der Waals surface area contributed by atoms with Gasteiger partial charge in [0, 0.05) is 18.8 Å². The monoisotopic (exact) mass is 457 g/mol. The summed E-state index contributed by atoms with van der Waals surface area (Å²) in [6, 6.07) is 19.1. The number of para-hydroxylation sites is 1. The maximum absolute atomic E-state index is 13.2. The number of nitrogens with zero attached hydrogens (tertiary/aromatic N) is 6. The number of aromatic amines is 1. The maximum atomic E-state index is 13.2. The molecule has 3 aromatic carbocycles. The number of benzene rings is 3. The molecule has 3 aromatic heterocycles. The Labute approximate surface area is 199 Å². The third-order valence-corrected chi connectivity index (χ3v) is 6.26. The normalized spacial score (nSPS) is 11.2. The van der Waals surface area contributed by atoms with Crippen molar-refractivity contribution in [1.29, 1.82) is 5.26 Å². The van der Waals surface area contributed by atoms with Crippen LogP contribution in [0.4, 0.5) is 0 Å². The highest BCUT2D eigenvalue weighted by Gasteiger charge is 2.18. The molecule has 168 valence electrons. The molecule has 0 amide bonds. The van der Waals surface area contributed by atoms with E-state index in [4.69, 9.17) is 4.98 Å². The highest BCUT2D eigenvalue weighted by molar-refractivity contribution is 5.97. The Bertz CT molecular complexity index is 1870. The smallest absolute Gasteiger partial charge is 0.265 e. The molecule has 8 nitrogen and oxygen atoms in total. The number of hydrogen-bond donors (Lipinski definition) is 1. The number of rotatable bonds is 3. The lowest BCUT2D eigenvalue weighted by Gasteiger charge is -2.14. The number of fused-ring (bicyclic) bond motifs is 2. The first kappa shape index (κ1) is 20.6. The van der Waals surface area contributed by atoms with Gasteiger partial charge in [-0.1, -0.05) is 30.3 Å². The van der Waals surface area contributed by atoms with Gasteiger partial charge < -0.3 is 4.98 Å². The van der Waals surface area contributed by atoms with E-state index >= 15 is 0 Å². The average molecular weight is 457 g/mol. The van der Waals surface area contributed by atoms with Crippen LogP contribution in [-0.2, 0) is 7.05 Å². The predicted octanol–water partition coefficient (Wildman–Crippen LogP) is 4.51. The Hall–Kier alpha value is -5.03. The first-order valence-corrected chi connectivity index (χ1v) is 11.0. The van der Waals surface area contributed by atoms with Gasteiger partial charge in [-0.3, -0.25) is 14.0 Å². The van der Waals surface area contributed by atoms with Crippen LogP contribution >= 0.6 is 0 Å². The van der Waals surface area contributed by atoms with Crippen molar-refractivity contribution in [2.75, 3.05) is 0 Å². The van der Waals surface area contributed by atoms with Crippen LogP contribution < -0.4 is 5.56 Å². The fraction of sp³-hybridized carbons (Fsp3) is 0.0741. The summed E-state index contributed by atoms with van der Waals surface area (Å²) in [6.07, 6.45) is 5.17. The highest BCUT2D eigenvalue weighted by atomic mass is 16.1. The summed E-state index contributed by atoms with van der Waals surface area (Å²) in [5.74, 6) is 0.640. The molecule has 0 aliphatic heterocycles. The van der Waals surface area contributed by atoms with Gasteiger partial charge in [0.2, 0.25) is 0 Å². The van der Waals surface area contributed by atoms with Gasteiger partial charge in [-0.05, 0) is 42.3 Å². The Morgan fingerprint density at radius 2 is 1.89 bits per heavy atom. The van der Waals surface area contributed by atoms with E-state index in [1.807, 2.05) is 62.6 Å². The minimum Gasteiger partial charge on any atom is -0.337 e. The third-order valence-electron chi connectivity index (χ3n) is 6.26. The molecule has 35 heavy (non-hydrogen) atoms. The molecule has 0 atom stereocenters. The molecule has 0 aliphatic rings. The molecule has 0 fully saturated rings. The summed E-state index contributed by atoms with van der Waals surface area (Å²) in [7, 11) is 1.84. The quantitative estimate of drug-likeness (QED) is 0.421. The van der Waals surface area contributed by atoms with E-state index in [0.29, 0.717) is 33.3 Å². The van der Waals surface area contributed by atoms with E-state index in [0.717, 1.165) is 27.9 Å². The molecule has 6 aromatic rings. The molecule has 0 bridgehead atoms. The second kappa shape index (κ2) is 7.78. The summed E-state index contributed by atoms with van der Waals surface area (Å²) < 4.78 is 3.28. The Kier molecular flexibility index (Phi) is 4.57. The van der Waals surface area contributed by atoms with E-state index in [1.54, 1.807) is 33.9 Å². The van der Waals surface area contributed by atoms with E-state index < -0.39 is 0 Å². The van der Waals surface area contributed by atoms with Crippen LogP contribution in [0.15, 0.2) is 78.1 Å². The fourth-order valence-electron chi connectivity index (χ4n) is 4.50. The fourth-order valence-corrected chi connectivity index (χ4v) is 4.50. The largest absolute Gasteiger partial charge is 0.337 e. The first-order chi connectivity index (χ1) is 17.0. The van der Waals surface area contributed by atoms with Gasteiger partial charge in [-0.25, -0.2) is 9.97 Å². The molecule has 8 heteroatoms. The van der Waals surface area contributed by atoms with Crippen LogP contribution in [0.25, 0.3) is 50.1 Å². The number of nitrogens with one attached hydrogen (secondary N) is 1. The van der Waals surface area contributed by atoms with Crippen molar-refractivity contribution in [2.24, 2.45) is 7.05 Å². The standard InChI is InChI=1S/C27H19N7O/c1-16-19(7-5-9-23(16)34-15-29-22-8-4-3-6-21(22)27(34)35)20-11-10-17(12-28)24-25(20)32-26(31-24)18-13-30-33(2)14-18/h3-11,13-15H,1-2H3,(H,31,32). The molecule has 0 unspecified atom stereocenters. The van der Waals surface area contributed by atoms with Gasteiger partial charge in [-0.15, -0.1) is 0 Å². The molecule has 0 saturated heterocycles. The van der Waals surface area contributed by atoms with E-state index in [2.05, 4.69) is 21.1 Å². The van der Waals surface area contributed by atoms with Crippen molar-refractivity contribution in [3.63, 3.8) is 0 Å². The highest BCUT2D eigenvalue weighted by Crippen LogP contribution is 2.34. The lowest BCUT2D eigenvalue weighted by Crippen LogP contribution is -2.19. The number of H-pyrrole nitrogens is 1. The van der Waals surface area contributed by atoms with Crippen molar-refractivity contribution in [3.05, 3.63) is 94.8 Å². The summed E-state index contributed by atoms with van der Waals surface area (Å²) in [6.45, 7) is 1.98. The first-order valence-electron chi connectivity index (χ1n) is 11.0. The van der Waals surface area contributed by atoms with Gasteiger partial charge in [-0.2, -0.15) is 10.4 Å². The van der Waals surface area contributed by atoms with Gasteiger partial charge in [0.15, 0.2) is 0 Å². The van der Waals surface area contributed by atoms with Crippen molar-refractivity contribution >= 4 is 21.9 Å². The summed E-state index contributed by atoms with van der Waals surface area (Å²) in [4.78, 5) is 25.9. The maximum Gasteiger partial charge on any atom is 0.265 e. The van der Waals surface area contributed by atoms with Gasteiger partial charge >= 0.3 is 0 Å². The SMILES string of the molecule is Cc1c(-c2ccc(C#N)c3[nH]c(-c4cnn(C)c4)nc23)cccc1-n1cnc2ccccc2c1=O. The minimum atomic E-state index is -0.126. The van der Waals surface area contributed by atoms with Gasteiger partial charge in [0.25, 0.3) is 5.56 Å². The molecule has 0 spiro atoms. The topological polar surface area (TPSA) is 105 Å². The van der Waals surface area contributed by atoms with E-state index in [-0.39, 0.29) is 5.56 Å². The van der Waals surface area contributed by atoms with Gasteiger partial charge in [0.1, 0.15) is 18.2 Å². The molecular formula is C27H19N7O. The lowest BCUT2D eigenvalue weighted by molar-refractivity contribution is 0.768. The minimum absolute atomic E-state index is 0.126. The van der Waals surface area contributed by atoms with Crippen molar-refractivity contribution in [3.8, 4) is 34.3 Å². The van der Waals surface area contributed by atoms with E-state index in [1.165, 1.54) is 0 Å². The summed E-state index contributed by atoms with van der Waals surface area (Å²) in [5.41, 5.74) is 6.66. The van der Waals surface area contributed by atoms with Crippen molar-refractivity contribution in [2.45, 2.75) is 6.92 Å². The van der Waals surface area contributed by atoms with Crippen molar-refractivity contribution in [1.82, 2.24) is 29.3 Å². The second-order valence-corrected chi connectivity index (χ2v) is 8.37. The van der Waals surface area contributed by atoms with E-state index in [9.17, 15) is 10.1 Å². The molecular weight excluding hydrogens is 438 g/mol. The number of aryl methyl sites for hydroxylation is 1. The van der Waals surface area contributed by atoms with Crippen LogP contribution in [0.2, 0.25) is 0 Å². The third kappa shape index (κ3) is 3.21. The number of hydrogen-bond acceptors (Lipinski definition) is 5. The number of aromatic nitrogens is 6. The Balaban J connectivity index is 1.57.